The molecule has 40 heavy (non-hydrogen) atoms. The van der Waals surface area contributed by atoms with Crippen molar-refractivity contribution >= 4 is 30.6 Å². The van der Waals surface area contributed by atoms with Gasteiger partial charge < -0.3 is 9.64 Å². The maximum absolute atomic E-state index is 12.8. The first-order valence-electron chi connectivity index (χ1n) is 13.7. The molecule has 1 fully saturated rings. The summed E-state index contributed by atoms with van der Waals surface area (Å²) in [7, 11) is 0.500. The van der Waals surface area contributed by atoms with Gasteiger partial charge in [-0.25, -0.2) is 8.78 Å². The smallest absolute Gasteiger partial charge is 0.310 e. The molecule has 2 aromatic carbocycles. The third-order valence-corrected chi connectivity index (χ3v) is 6.35. The number of carbonyl (C=O) groups is 2. The molecule has 3 rings (SSSR count). The standard InChI is InChI=1S/C20H27NO3.C10H10F2.C2H6.CH3F/c1-4-15(3)16-9-11-17(12-10-16)19(22)21-13-7-6-8-18(14-21)20(23)24-5-2;1-6-4-7(2)8(3)9(5-6)10(11)12;2*1-2/h4,9-12,18H,5-8,13-14H2,1-3H3;4-5,10H,2-3H2,1H3;1-2H3;1H3/b15-4+;;;. The van der Waals surface area contributed by atoms with Crippen LogP contribution in [0.1, 0.15) is 87.4 Å². The van der Waals surface area contributed by atoms with Crippen molar-refractivity contribution in [1.82, 2.24) is 4.90 Å². The maximum atomic E-state index is 12.8. The van der Waals surface area contributed by atoms with Crippen LogP contribution in [0.25, 0.3) is 18.7 Å². The van der Waals surface area contributed by atoms with Crippen molar-refractivity contribution in [3.05, 3.63) is 75.2 Å². The van der Waals surface area contributed by atoms with Crippen LogP contribution in [0.5, 0.6) is 0 Å². The summed E-state index contributed by atoms with van der Waals surface area (Å²) in [6.45, 7) is 20.3. The highest BCUT2D eigenvalue weighted by Gasteiger charge is 2.28. The Kier molecular flexibility index (Phi) is 18.0. The second kappa shape index (κ2) is 19.7. The number of carbonyl (C=O) groups excluding carboxylic acids is 2. The summed E-state index contributed by atoms with van der Waals surface area (Å²) in [5.41, 5.74) is 3.76. The lowest BCUT2D eigenvalue weighted by Gasteiger charge is -2.23. The van der Waals surface area contributed by atoms with Gasteiger partial charge in [0, 0.05) is 24.2 Å². The molecule has 0 aromatic heterocycles. The first-order chi connectivity index (χ1) is 19.1. The lowest BCUT2D eigenvalue weighted by molar-refractivity contribution is -0.148. The summed E-state index contributed by atoms with van der Waals surface area (Å²) in [4.78, 5) is 26.6. The molecule has 4 nitrogen and oxygen atoms in total. The monoisotopic (exact) mass is 561 g/mol. The Morgan fingerprint density at radius 2 is 1.65 bits per heavy atom. The highest BCUT2D eigenvalue weighted by molar-refractivity contribution is 5.94. The van der Waals surface area contributed by atoms with Crippen molar-refractivity contribution in [1.29, 1.82) is 0 Å². The van der Waals surface area contributed by atoms with Gasteiger partial charge in [0.05, 0.1) is 19.7 Å². The summed E-state index contributed by atoms with van der Waals surface area (Å²) in [6, 6.07) is 10.9. The van der Waals surface area contributed by atoms with Crippen LogP contribution in [0, 0.1) is 12.8 Å². The van der Waals surface area contributed by atoms with Crippen molar-refractivity contribution in [2.75, 3.05) is 26.9 Å². The zero-order valence-electron chi connectivity index (χ0n) is 25.2. The predicted molar refractivity (Wildman–Crippen MR) is 160 cm³/mol. The van der Waals surface area contributed by atoms with Crippen LogP contribution in [-0.4, -0.2) is 43.7 Å². The summed E-state index contributed by atoms with van der Waals surface area (Å²) in [6.07, 6.45) is 2.26. The van der Waals surface area contributed by atoms with Gasteiger partial charge in [-0.2, -0.15) is 0 Å². The van der Waals surface area contributed by atoms with E-state index in [0.29, 0.717) is 42.9 Å². The van der Waals surface area contributed by atoms with Gasteiger partial charge in [0.1, 0.15) is 0 Å². The quantitative estimate of drug-likeness (QED) is 0.361. The summed E-state index contributed by atoms with van der Waals surface area (Å²) in [5, 5.41) is 0.918. The third kappa shape index (κ3) is 11.4. The normalized spacial score (nSPS) is 14.8. The molecule has 1 heterocycles. The number of nitrogens with zero attached hydrogens (tertiary/aromatic N) is 1. The van der Waals surface area contributed by atoms with Gasteiger partial charge in [-0.15, -0.1) is 0 Å². The van der Waals surface area contributed by atoms with Crippen molar-refractivity contribution in [3.63, 3.8) is 0 Å². The summed E-state index contributed by atoms with van der Waals surface area (Å²) in [5.74, 6) is -0.395. The van der Waals surface area contributed by atoms with E-state index in [1.807, 2.05) is 52.0 Å². The minimum Gasteiger partial charge on any atom is -0.466 e. The number of rotatable bonds is 5. The van der Waals surface area contributed by atoms with Crippen molar-refractivity contribution in [2.45, 2.75) is 67.2 Å². The zero-order valence-corrected chi connectivity index (χ0v) is 25.2. The van der Waals surface area contributed by atoms with E-state index in [-0.39, 0.29) is 23.4 Å². The van der Waals surface area contributed by atoms with E-state index in [1.165, 1.54) is 11.6 Å². The highest BCUT2D eigenvalue weighted by Crippen LogP contribution is 2.21. The molecule has 1 unspecified atom stereocenters. The van der Waals surface area contributed by atoms with Gasteiger partial charge in [0.2, 0.25) is 0 Å². The van der Waals surface area contributed by atoms with E-state index >= 15 is 0 Å². The van der Waals surface area contributed by atoms with Gasteiger partial charge >= 0.3 is 5.97 Å². The third-order valence-electron chi connectivity index (χ3n) is 6.35. The van der Waals surface area contributed by atoms with E-state index in [4.69, 9.17) is 4.74 Å². The molecule has 7 heteroatoms. The van der Waals surface area contributed by atoms with Crippen LogP contribution in [-0.2, 0) is 9.53 Å². The average molecular weight is 562 g/mol. The fourth-order valence-corrected chi connectivity index (χ4v) is 4.12. The minimum absolute atomic E-state index is 0.00382. The van der Waals surface area contributed by atoms with Gasteiger partial charge in [-0.05, 0) is 80.3 Å². The number of allylic oxidation sites excluding steroid dienone is 2. The number of alkyl halides is 3. The first kappa shape index (κ1) is 36.6. The molecule has 1 saturated heterocycles. The Labute approximate surface area is 238 Å². The molecular weight excluding hydrogens is 515 g/mol. The number of halogens is 3. The number of esters is 1. The molecule has 0 aliphatic carbocycles. The summed E-state index contributed by atoms with van der Waals surface area (Å²) < 4.78 is 39.3. The fraction of sp³-hybridized carbons (Fsp3) is 0.455. The van der Waals surface area contributed by atoms with E-state index in [0.717, 1.165) is 30.4 Å². The molecule has 1 atom stereocenters. The fourth-order valence-electron chi connectivity index (χ4n) is 4.12. The Morgan fingerprint density at radius 1 is 1.07 bits per heavy atom. The molecule has 0 N–H and O–H groups in total. The molecule has 0 bridgehead atoms. The van der Waals surface area contributed by atoms with Gasteiger partial charge in [0.25, 0.3) is 12.3 Å². The second-order valence-corrected chi connectivity index (χ2v) is 9.04. The molecular formula is C33H46F3NO3. The Hall–Kier alpha value is -3.35. The Bertz CT molecular complexity index is 1180. The van der Waals surface area contributed by atoms with E-state index in [2.05, 4.69) is 26.2 Å². The number of amides is 1. The van der Waals surface area contributed by atoms with Crippen molar-refractivity contribution in [3.8, 4) is 0 Å². The van der Waals surface area contributed by atoms with E-state index in [9.17, 15) is 22.8 Å². The topological polar surface area (TPSA) is 46.6 Å². The lowest BCUT2D eigenvalue weighted by Crippen LogP contribution is -2.37. The lowest BCUT2D eigenvalue weighted by atomic mass is 10.0. The van der Waals surface area contributed by atoms with Crippen LogP contribution >= 0.6 is 0 Å². The Balaban J connectivity index is 0.000000797. The predicted octanol–water partition coefficient (Wildman–Crippen LogP) is 7.28. The highest BCUT2D eigenvalue weighted by atomic mass is 19.3. The molecule has 1 aliphatic rings. The largest absolute Gasteiger partial charge is 0.466 e. The number of hydrogen-bond acceptors (Lipinski definition) is 3. The number of benzene rings is 2. The molecule has 1 aliphatic heterocycles. The van der Waals surface area contributed by atoms with Crippen molar-refractivity contribution < 1.29 is 27.5 Å². The van der Waals surface area contributed by atoms with Crippen LogP contribution in [0.15, 0.2) is 42.5 Å². The summed E-state index contributed by atoms with van der Waals surface area (Å²) >= 11 is 0. The number of hydrogen-bond donors (Lipinski definition) is 0. The molecule has 1 amide bonds. The molecule has 222 valence electrons. The number of ether oxygens (including phenoxy) is 1. The zero-order chi connectivity index (χ0) is 30.8. The number of aryl methyl sites for hydroxylation is 1. The van der Waals surface area contributed by atoms with Crippen molar-refractivity contribution in [2.24, 2.45) is 5.92 Å². The number of likely N-dealkylation sites (tertiary alicyclic amines) is 1. The second-order valence-electron chi connectivity index (χ2n) is 9.04. The first-order valence-corrected chi connectivity index (χ1v) is 13.7. The van der Waals surface area contributed by atoms with E-state index < -0.39 is 6.43 Å². The molecule has 0 radical (unpaired) electrons. The SMILES string of the molecule is C/C=C(\C)c1ccc(C(=O)N2CCCCC(C(=O)OCC)C2)cc1.C=c1cc(C)cc(C(F)F)c1=C.CC.CF. The molecule has 0 saturated carbocycles. The van der Waals surface area contributed by atoms with E-state index in [1.54, 1.807) is 17.9 Å². The van der Waals surface area contributed by atoms with Gasteiger partial charge in [-0.1, -0.05) is 63.3 Å². The maximum Gasteiger partial charge on any atom is 0.310 e. The van der Waals surface area contributed by atoms with Gasteiger partial charge in [0.15, 0.2) is 0 Å². The molecule has 2 aromatic rings. The van der Waals surface area contributed by atoms with Gasteiger partial charge in [-0.3, -0.25) is 14.0 Å². The van der Waals surface area contributed by atoms with Crippen LogP contribution < -0.4 is 10.4 Å². The van der Waals surface area contributed by atoms with Crippen LogP contribution in [0.3, 0.4) is 0 Å². The molecule has 0 spiro atoms. The Morgan fingerprint density at radius 3 is 2.17 bits per heavy atom. The van der Waals surface area contributed by atoms with Crippen LogP contribution in [0.4, 0.5) is 13.2 Å². The minimum atomic E-state index is -2.46. The average Bonchev–Trinajstić information content (AvgIpc) is 3.23. The van der Waals surface area contributed by atoms with Crippen LogP contribution in [0.2, 0.25) is 0 Å².